The number of hydrogen-bond donors (Lipinski definition) is 3. The molecular weight excluding hydrogens is 370 g/mol. The Morgan fingerprint density at radius 3 is 2.79 bits per heavy atom. The maximum Gasteiger partial charge on any atom is 0.419 e. The molecule has 11 nitrogen and oxygen atoms in total. The Balaban J connectivity index is 1.61. The molecular formula is C17H13N5O6. The maximum absolute atomic E-state index is 12.4. The van der Waals surface area contributed by atoms with Crippen molar-refractivity contribution >= 4 is 28.8 Å². The summed E-state index contributed by atoms with van der Waals surface area (Å²) in [6, 6.07) is 6.11. The van der Waals surface area contributed by atoms with Crippen molar-refractivity contribution in [2.45, 2.75) is 6.54 Å². The van der Waals surface area contributed by atoms with E-state index in [9.17, 15) is 24.6 Å². The Kier molecular flexibility index (Phi) is 3.84. The van der Waals surface area contributed by atoms with Crippen molar-refractivity contribution in [3.63, 3.8) is 0 Å². The van der Waals surface area contributed by atoms with Crippen molar-refractivity contribution in [1.29, 1.82) is 0 Å². The van der Waals surface area contributed by atoms with Crippen LogP contribution in [-0.4, -0.2) is 41.0 Å². The first-order valence-corrected chi connectivity index (χ1v) is 8.02. The van der Waals surface area contributed by atoms with Crippen LogP contribution in [0.3, 0.4) is 0 Å². The van der Waals surface area contributed by atoms with E-state index in [1.54, 1.807) is 25.2 Å². The number of benzene rings is 1. The SMILES string of the molecule is Cn1c(=O)oc2ccc(CNC(=O)c3cc(C(=O)O)n4cc(O)nc4n3)cc21. The fraction of sp³-hybridized carbons (Fsp3) is 0.118. The van der Waals surface area contributed by atoms with Gasteiger partial charge in [-0.15, -0.1) is 0 Å². The third-order valence-corrected chi connectivity index (χ3v) is 4.19. The minimum atomic E-state index is -1.30. The summed E-state index contributed by atoms with van der Waals surface area (Å²) < 4.78 is 7.47. The van der Waals surface area contributed by atoms with E-state index < -0.39 is 23.5 Å². The first-order chi connectivity index (χ1) is 13.3. The number of rotatable bonds is 4. The van der Waals surface area contributed by atoms with E-state index in [2.05, 4.69) is 15.3 Å². The number of carboxylic acid groups (broad SMARTS) is 1. The smallest absolute Gasteiger partial charge is 0.419 e. The van der Waals surface area contributed by atoms with Gasteiger partial charge in [0, 0.05) is 19.7 Å². The van der Waals surface area contributed by atoms with Crippen LogP contribution in [0.15, 0.2) is 39.7 Å². The van der Waals surface area contributed by atoms with E-state index in [1.165, 1.54) is 4.57 Å². The number of fused-ring (bicyclic) bond motifs is 2. The quantitative estimate of drug-likeness (QED) is 0.461. The molecule has 0 unspecified atom stereocenters. The van der Waals surface area contributed by atoms with Crippen LogP contribution >= 0.6 is 0 Å². The average Bonchev–Trinajstić information content (AvgIpc) is 3.17. The molecule has 0 saturated carbocycles. The first kappa shape index (κ1) is 17.3. The van der Waals surface area contributed by atoms with E-state index in [4.69, 9.17) is 4.42 Å². The van der Waals surface area contributed by atoms with Gasteiger partial charge in [0.15, 0.2) is 5.58 Å². The highest BCUT2D eigenvalue weighted by atomic mass is 16.4. The molecule has 0 fully saturated rings. The molecule has 1 aromatic carbocycles. The molecule has 3 N–H and O–H groups in total. The summed E-state index contributed by atoms with van der Waals surface area (Å²) in [4.78, 5) is 43.0. The number of aromatic nitrogens is 4. The minimum Gasteiger partial charge on any atom is -0.492 e. The highest BCUT2D eigenvalue weighted by Gasteiger charge is 2.18. The number of aromatic carboxylic acids is 1. The van der Waals surface area contributed by atoms with E-state index in [1.807, 2.05) is 0 Å². The van der Waals surface area contributed by atoms with Crippen molar-refractivity contribution in [3.8, 4) is 5.88 Å². The molecule has 4 rings (SSSR count). The van der Waals surface area contributed by atoms with E-state index in [-0.39, 0.29) is 23.7 Å². The van der Waals surface area contributed by atoms with E-state index >= 15 is 0 Å². The number of carbonyl (C=O) groups excluding carboxylic acids is 1. The molecule has 0 aliphatic carbocycles. The number of aryl methyl sites for hydroxylation is 1. The molecule has 3 heterocycles. The third kappa shape index (κ3) is 2.84. The molecule has 142 valence electrons. The Labute approximate surface area is 155 Å². The van der Waals surface area contributed by atoms with Crippen LogP contribution in [0.1, 0.15) is 26.5 Å². The van der Waals surface area contributed by atoms with Crippen molar-refractivity contribution in [2.24, 2.45) is 7.05 Å². The lowest BCUT2D eigenvalue weighted by atomic mass is 10.2. The molecule has 0 aliphatic rings. The number of imidazole rings is 1. The molecule has 0 radical (unpaired) electrons. The van der Waals surface area contributed by atoms with Gasteiger partial charge in [0.2, 0.25) is 11.7 Å². The molecule has 0 spiro atoms. The summed E-state index contributed by atoms with van der Waals surface area (Å²) in [6.07, 6.45) is 1.10. The van der Waals surface area contributed by atoms with Gasteiger partial charge in [-0.05, 0) is 17.7 Å². The molecule has 11 heteroatoms. The van der Waals surface area contributed by atoms with Crippen molar-refractivity contribution in [2.75, 3.05) is 0 Å². The van der Waals surface area contributed by atoms with Crippen LogP contribution < -0.4 is 11.1 Å². The maximum atomic E-state index is 12.4. The zero-order chi connectivity index (χ0) is 20.0. The number of oxazole rings is 1. The lowest BCUT2D eigenvalue weighted by molar-refractivity contribution is 0.0688. The normalized spacial score (nSPS) is 11.2. The van der Waals surface area contributed by atoms with Gasteiger partial charge in [0.05, 0.1) is 11.7 Å². The predicted octanol–water partition coefficient (Wildman–Crippen LogP) is 0.508. The average molecular weight is 383 g/mol. The monoisotopic (exact) mass is 383 g/mol. The highest BCUT2D eigenvalue weighted by Crippen LogP contribution is 2.15. The number of carbonyl (C=O) groups is 2. The Morgan fingerprint density at radius 1 is 1.25 bits per heavy atom. The lowest BCUT2D eigenvalue weighted by Crippen LogP contribution is -2.25. The summed E-state index contributed by atoms with van der Waals surface area (Å²) >= 11 is 0. The Hall–Kier alpha value is -4.15. The van der Waals surface area contributed by atoms with E-state index in [0.29, 0.717) is 16.7 Å². The van der Waals surface area contributed by atoms with Crippen molar-refractivity contribution in [1.82, 2.24) is 24.3 Å². The van der Waals surface area contributed by atoms with Crippen molar-refractivity contribution < 1.29 is 24.2 Å². The van der Waals surface area contributed by atoms with Crippen LogP contribution in [0.5, 0.6) is 5.88 Å². The van der Waals surface area contributed by atoms with Gasteiger partial charge in [0.25, 0.3) is 5.91 Å². The second-order valence-corrected chi connectivity index (χ2v) is 6.01. The van der Waals surface area contributed by atoms with Gasteiger partial charge in [-0.1, -0.05) is 6.07 Å². The Morgan fingerprint density at radius 2 is 2.04 bits per heavy atom. The fourth-order valence-corrected chi connectivity index (χ4v) is 2.79. The third-order valence-electron chi connectivity index (χ3n) is 4.19. The van der Waals surface area contributed by atoms with Crippen LogP contribution in [0.4, 0.5) is 0 Å². The molecule has 1 amide bonds. The van der Waals surface area contributed by atoms with Crippen LogP contribution in [-0.2, 0) is 13.6 Å². The van der Waals surface area contributed by atoms with Crippen LogP contribution in [0.25, 0.3) is 16.9 Å². The van der Waals surface area contributed by atoms with Gasteiger partial charge in [-0.25, -0.2) is 14.6 Å². The standard InChI is InChI=1S/C17H13N5O6/c1-21-10-4-8(2-3-12(10)28-17(21)27)6-18-14(24)9-5-11(15(25)26)22-7-13(23)20-16(22)19-9/h2-5,7,23H,6H2,1H3,(H,18,24)(H,25,26). The number of nitrogens with one attached hydrogen (secondary N) is 1. The van der Waals surface area contributed by atoms with Gasteiger partial charge in [-0.2, -0.15) is 4.98 Å². The van der Waals surface area contributed by atoms with Crippen LogP contribution in [0, 0.1) is 0 Å². The van der Waals surface area contributed by atoms with E-state index in [0.717, 1.165) is 16.7 Å². The van der Waals surface area contributed by atoms with Gasteiger partial charge in [0.1, 0.15) is 11.4 Å². The number of aromatic hydroxyl groups is 1. The summed E-state index contributed by atoms with van der Waals surface area (Å²) in [6.45, 7) is 0.114. The Bertz CT molecular complexity index is 1320. The first-order valence-electron chi connectivity index (χ1n) is 8.02. The summed E-state index contributed by atoms with van der Waals surface area (Å²) in [5.74, 6) is -2.93. The fourth-order valence-electron chi connectivity index (χ4n) is 2.79. The summed E-state index contributed by atoms with van der Waals surface area (Å²) in [5.41, 5.74) is 1.29. The number of amides is 1. The lowest BCUT2D eigenvalue weighted by Gasteiger charge is -2.07. The number of hydrogen-bond acceptors (Lipinski definition) is 7. The second-order valence-electron chi connectivity index (χ2n) is 6.01. The zero-order valence-electron chi connectivity index (χ0n) is 14.4. The van der Waals surface area contributed by atoms with Crippen molar-refractivity contribution in [3.05, 3.63) is 58.0 Å². The predicted molar refractivity (Wildman–Crippen MR) is 94.2 cm³/mol. The van der Waals surface area contributed by atoms with Crippen LogP contribution in [0.2, 0.25) is 0 Å². The molecule has 28 heavy (non-hydrogen) atoms. The number of carboxylic acids is 1. The van der Waals surface area contributed by atoms with Gasteiger partial charge >= 0.3 is 11.7 Å². The minimum absolute atomic E-state index is 0.114. The largest absolute Gasteiger partial charge is 0.492 e. The molecule has 0 bridgehead atoms. The van der Waals surface area contributed by atoms with Gasteiger partial charge < -0.3 is 19.9 Å². The number of nitrogens with zero attached hydrogens (tertiary/aromatic N) is 4. The molecule has 0 aliphatic heterocycles. The molecule has 0 saturated heterocycles. The molecule has 0 atom stereocenters. The molecule has 3 aromatic heterocycles. The topological polar surface area (TPSA) is 152 Å². The summed E-state index contributed by atoms with van der Waals surface area (Å²) in [5, 5.41) is 21.4. The van der Waals surface area contributed by atoms with Gasteiger partial charge in [-0.3, -0.25) is 13.8 Å². The zero-order valence-corrected chi connectivity index (χ0v) is 14.4. The summed E-state index contributed by atoms with van der Waals surface area (Å²) in [7, 11) is 1.57. The highest BCUT2D eigenvalue weighted by molar-refractivity contribution is 5.96. The second kappa shape index (κ2) is 6.23. The molecule has 4 aromatic rings.